The summed E-state index contributed by atoms with van der Waals surface area (Å²) in [5, 5.41) is 9.72. The standard InChI is InChI=1S/C25H31Cl2N5/c1-32(2)24-21-5-3-4-6-23(21)30-25(31-24)29-20-11-7-17(8-12-20)16-28-14-13-18-9-10-19(26)15-22(18)27/h3-6,9-10,15,17,20,28H,7-8,11-14,16H2,1-2H3,(H,29,30,31)/t17-,20+. The molecule has 3 aromatic rings. The summed E-state index contributed by atoms with van der Waals surface area (Å²) < 4.78 is 0. The van der Waals surface area contributed by atoms with E-state index in [4.69, 9.17) is 33.2 Å². The molecule has 32 heavy (non-hydrogen) atoms. The molecule has 2 aromatic carbocycles. The van der Waals surface area contributed by atoms with Gasteiger partial charge in [-0.2, -0.15) is 4.98 Å². The fourth-order valence-electron chi connectivity index (χ4n) is 4.41. The highest BCUT2D eigenvalue weighted by atomic mass is 35.5. The zero-order valence-electron chi connectivity index (χ0n) is 18.7. The molecule has 2 N–H and O–H groups in total. The lowest BCUT2D eigenvalue weighted by Gasteiger charge is -2.29. The van der Waals surface area contributed by atoms with Crippen LogP contribution in [0, 0.1) is 5.92 Å². The van der Waals surface area contributed by atoms with Crippen LogP contribution in [-0.4, -0.2) is 43.2 Å². The Morgan fingerprint density at radius 1 is 1.00 bits per heavy atom. The first-order chi connectivity index (χ1) is 15.5. The summed E-state index contributed by atoms with van der Waals surface area (Å²) in [7, 11) is 4.05. The van der Waals surface area contributed by atoms with Crippen molar-refractivity contribution in [2.75, 3.05) is 37.4 Å². The molecule has 7 heteroatoms. The molecule has 0 aliphatic heterocycles. The van der Waals surface area contributed by atoms with Crippen molar-refractivity contribution in [2.24, 2.45) is 5.92 Å². The third-order valence-corrected chi connectivity index (χ3v) is 6.79. The minimum Gasteiger partial charge on any atom is -0.362 e. The van der Waals surface area contributed by atoms with Crippen molar-refractivity contribution in [3.05, 3.63) is 58.1 Å². The van der Waals surface area contributed by atoms with Crippen LogP contribution in [0.2, 0.25) is 10.0 Å². The summed E-state index contributed by atoms with van der Waals surface area (Å²) in [5.41, 5.74) is 2.12. The van der Waals surface area contributed by atoms with E-state index in [9.17, 15) is 0 Å². The number of halogens is 2. The number of rotatable bonds is 8. The highest BCUT2D eigenvalue weighted by molar-refractivity contribution is 6.35. The number of nitrogens with one attached hydrogen (secondary N) is 2. The van der Waals surface area contributed by atoms with Crippen LogP contribution in [0.3, 0.4) is 0 Å². The van der Waals surface area contributed by atoms with Crippen LogP contribution >= 0.6 is 23.2 Å². The second-order valence-corrected chi connectivity index (χ2v) is 9.68. The van der Waals surface area contributed by atoms with Gasteiger partial charge in [-0.1, -0.05) is 41.4 Å². The average Bonchev–Trinajstić information content (AvgIpc) is 2.78. The van der Waals surface area contributed by atoms with E-state index in [0.717, 1.165) is 65.6 Å². The molecule has 0 saturated heterocycles. The van der Waals surface area contributed by atoms with Gasteiger partial charge in [0.05, 0.1) is 5.52 Å². The number of aromatic nitrogens is 2. The molecule has 1 aromatic heterocycles. The largest absolute Gasteiger partial charge is 0.362 e. The second kappa shape index (κ2) is 10.7. The van der Waals surface area contributed by atoms with Gasteiger partial charge in [-0.15, -0.1) is 0 Å². The maximum Gasteiger partial charge on any atom is 0.225 e. The Hall–Kier alpha value is -2.08. The van der Waals surface area contributed by atoms with E-state index in [1.807, 2.05) is 44.4 Å². The Bertz CT molecular complexity index is 1050. The Balaban J connectivity index is 1.24. The number of benzene rings is 2. The molecule has 1 aliphatic rings. The fourth-order valence-corrected chi connectivity index (χ4v) is 4.92. The minimum absolute atomic E-state index is 0.426. The van der Waals surface area contributed by atoms with E-state index in [-0.39, 0.29) is 0 Å². The smallest absolute Gasteiger partial charge is 0.225 e. The van der Waals surface area contributed by atoms with Crippen LogP contribution in [0.5, 0.6) is 0 Å². The van der Waals surface area contributed by atoms with E-state index >= 15 is 0 Å². The van der Waals surface area contributed by atoms with Gasteiger partial charge < -0.3 is 15.5 Å². The summed E-state index contributed by atoms with van der Waals surface area (Å²) in [6, 6.07) is 14.3. The predicted molar refractivity (Wildman–Crippen MR) is 136 cm³/mol. The molecule has 170 valence electrons. The molecule has 1 saturated carbocycles. The third-order valence-electron chi connectivity index (χ3n) is 6.21. The Labute approximate surface area is 200 Å². The number of para-hydroxylation sites is 1. The first kappa shape index (κ1) is 23.1. The molecule has 4 rings (SSSR count). The summed E-state index contributed by atoms with van der Waals surface area (Å²) in [5.74, 6) is 2.40. The van der Waals surface area contributed by atoms with Gasteiger partial charge in [0.25, 0.3) is 0 Å². The quantitative estimate of drug-likeness (QED) is 0.406. The highest BCUT2D eigenvalue weighted by Crippen LogP contribution is 2.28. The van der Waals surface area contributed by atoms with Crippen molar-refractivity contribution < 1.29 is 0 Å². The fraction of sp³-hybridized carbons (Fsp3) is 0.440. The number of fused-ring (bicyclic) bond motifs is 1. The summed E-state index contributed by atoms with van der Waals surface area (Å²) in [6.45, 7) is 1.98. The molecule has 1 heterocycles. The topological polar surface area (TPSA) is 53.1 Å². The van der Waals surface area contributed by atoms with Crippen LogP contribution in [0.1, 0.15) is 31.2 Å². The first-order valence-electron chi connectivity index (χ1n) is 11.3. The zero-order chi connectivity index (χ0) is 22.5. The van der Waals surface area contributed by atoms with E-state index in [0.29, 0.717) is 17.0 Å². The summed E-state index contributed by atoms with van der Waals surface area (Å²) in [4.78, 5) is 11.6. The lowest BCUT2D eigenvalue weighted by Crippen LogP contribution is -2.32. The van der Waals surface area contributed by atoms with E-state index in [2.05, 4.69) is 27.7 Å². The molecule has 0 radical (unpaired) electrons. The van der Waals surface area contributed by atoms with Crippen LogP contribution in [0.25, 0.3) is 10.9 Å². The van der Waals surface area contributed by atoms with Crippen LogP contribution < -0.4 is 15.5 Å². The Kier molecular flexibility index (Phi) is 7.71. The predicted octanol–water partition coefficient (Wildman–Crippen LogP) is 5.81. The maximum atomic E-state index is 6.27. The van der Waals surface area contributed by atoms with Crippen molar-refractivity contribution >= 4 is 45.9 Å². The van der Waals surface area contributed by atoms with Gasteiger partial charge in [0.2, 0.25) is 5.95 Å². The van der Waals surface area contributed by atoms with Crippen LogP contribution in [0.4, 0.5) is 11.8 Å². The SMILES string of the molecule is CN(C)c1nc(N[C@H]2CC[C@@H](CNCCc3ccc(Cl)cc3Cl)CC2)nc2ccccc12. The number of anilines is 2. The average molecular weight is 472 g/mol. The minimum atomic E-state index is 0.426. The van der Waals surface area contributed by atoms with Gasteiger partial charge in [0.15, 0.2) is 0 Å². The Morgan fingerprint density at radius 2 is 1.78 bits per heavy atom. The lowest BCUT2D eigenvalue weighted by molar-refractivity contribution is 0.325. The van der Waals surface area contributed by atoms with Gasteiger partial charge in [-0.05, 0) is 80.9 Å². The Morgan fingerprint density at radius 3 is 2.53 bits per heavy atom. The van der Waals surface area contributed by atoms with Crippen molar-refractivity contribution in [3.8, 4) is 0 Å². The van der Waals surface area contributed by atoms with Crippen molar-refractivity contribution in [3.63, 3.8) is 0 Å². The molecule has 0 amide bonds. The molecule has 1 aliphatic carbocycles. The zero-order valence-corrected chi connectivity index (χ0v) is 20.3. The van der Waals surface area contributed by atoms with Gasteiger partial charge >= 0.3 is 0 Å². The van der Waals surface area contributed by atoms with E-state index < -0.39 is 0 Å². The summed E-state index contributed by atoms with van der Waals surface area (Å²) >= 11 is 12.2. The molecular formula is C25H31Cl2N5. The van der Waals surface area contributed by atoms with Crippen molar-refractivity contribution in [1.82, 2.24) is 15.3 Å². The molecular weight excluding hydrogens is 441 g/mol. The van der Waals surface area contributed by atoms with Gasteiger partial charge in [-0.25, -0.2) is 4.98 Å². The van der Waals surface area contributed by atoms with Crippen LogP contribution in [-0.2, 0) is 6.42 Å². The first-order valence-corrected chi connectivity index (χ1v) is 12.1. The van der Waals surface area contributed by atoms with Gasteiger partial charge in [0, 0.05) is 35.6 Å². The molecule has 0 atom stereocenters. The number of hydrogen-bond donors (Lipinski definition) is 2. The highest BCUT2D eigenvalue weighted by Gasteiger charge is 2.22. The molecule has 5 nitrogen and oxygen atoms in total. The molecule has 0 spiro atoms. The lowest BCUT2D eigenvalue weighted by atomic mass is 9.86. The van der Waals surface area contributed by atoms with E-state index in [1.54, 1.807) is 0 Å². The van der Waals surface area contributed by atoms with E-state index in [1.165, 1.54) is 12.8 Å². The monoisotopic (exact) mass is 471 g/mol. The normalized spacial score (nSPS) is 18.6. The van der Waals surface area contributed by atoms with Gasteiger partial charge in [0.1, 0.15) is 5.82 Å². The third kappa shape index (κ3) is 5.83. The van der Waals surface area contributed by atoms with Crippen molar-refractivity contribution in [2.45, 2.75) is 38.1 Å². The summed E-state index contributed by atoms with van der Waals surface area (Å²) in [6.07, 6.45) is 5.62. The second-order valence-electron chi connectivity index (χ2n) is 8.83. The molecule has 0 bridgehead atoms. The molecule has 1 fully saturated rings. The van der Waals surface area contributed by atoms with Crippen molar-refractivity contribution in [1.29, 1.82) is 0 Å². The number of hydrogen-bond acceptors (Lipinski definition) is 5. The number of nitrogens with zero attached hydrogens (tertiary/aromatic N) is 3. The van der Waals surface area contributed by atoms with Gasteiger partial charge in [-0.3, -0.25) is 0 Å². The molecule has 0 unspecified atom stereocenters. The van der Waals surface area contributed by atoms with Crippen LogP contribution in [0.15, 0.2) is 42.5 Å². The maximum absolute atomic E-state index is 6.27.